The fraction of sp³-hybridized carbons (Fsp3) is 0.200. The number of nitrogens with one attached hydrogen (secondary N) is 1. The molecule has 0 radical (unpaired) electrons. The first-order valence-electron chi connectivity index (χ1n) is 8.69. The highest BCUT2D eigenvalue weighted by atomic mass is 16.2. The molecule has 1 atom stereocenters. The zero-order valence-corrected chi connectivity index (χ0v) is 15.1. The van der Waals surface area contributed by atoms with Crippen molar-refractivity contribution in [2.24, 2.45) is 7.05 Å². The molecule has 4 rings (SSSR count). The number of carbonyl (C=O) groups excluding carboxylic acids is 1. The third-order valence-corrected chi connectivity index (χ3v) is 4.76. The van der Waals surface area contributed by atoms with Gasteiger partial charge in [0.15, 0.2) is 0 Å². The number of carbonyl (C=O) groups is 1. The van der Waals surface area contributed by atoms with Crippen LogP contribution in [-0.2, 0) is 18.4 Å². The van der Waals surface area contributed by atoms with Crippen LogP contribution in [0.2, 0.25) is 0 Å². The van der Waals surface area contributed by atoms with Gasteiger partial charge < -0.3 is 9.88 Å². The molecule has 0 bridgehead atoms. The molecule has 0 fully saturated rings. The Morgan fingerprint density at radius 2 is 1.96 bits per heavy atom. The predicted octanol–water partition coefficient (Wildman–Crippen LogP) is 2.16. The maximum atomic E-state index is 12.8. The maximum absolute atomic E-state index is 12.8. The Labute approximate surface area is 155 Å². The van der Waals surface area contributed by atoms with Crippen LogP contribution >= 0.6 is 0 Å². The van der Waals surface area contributed by atoms with E-state index in [-0.39, 0.29) is 11.5 Å². The van der Waals surface area contributed by atoms with Gasteiger partial charge in [-0.1, -0.05) is 24.3 Å². The molecule has 1 N–H and O–H groups in total. The second-order valence-electron chi connectivity index (χ2n) is 6.48. The summed E-state index contributed by atoms with van der Waals surface area (Å²) in [5.74, 6) is -0.166. The minimum Gasteiger partial charge on any atom is -0.350 e. The van der Waals surface area contributed by atoms with Crippen molar-refractivity contribution in [3.05, 3.63) is 70.9 Å². The van der Waals surface area contributed by atoms with Gasteiger partial charge >= 0.3 is 0 Å². The first-order chi connectivity index (χ1) is 13.1. The first-order valence-corrected chi connectivity index (χ1v) is 8.69. The first kappa shape index (κ1) is 17.0. The van der Waals surface area contributed by atoms with E-state index in [0.29, 0.717) is 12.1 Å². The molecular formula is C20H19N5O2. The summed E-state index contributed by atoms with van der Waals surface area (Å²) in [7, 11) is 1.61. The molecule has 1 amide bonds. The SMILES string of the molecule is C[C@H](C(=O)NCc1cccnc1)n1c2ccccc2c2cnn(C)c(=O)c21. The lowest BCUT2D eigenvalue weighted by atomic mass is 10.2. The zero-order chi connectivity index (χ0) is 19.0. The monoisotopic (exact) mass is 361 g/mol. The second kappa shape index (κ2) is 6.68. The minimum atomic E-state index is -0.556. The molecule has 7 heteroatoms. The molecule has 0 saturated carbocycles. The van der Waals surface area contributed by atoms with Crippen molar-refractivity contribution in [1.29, 1.82) is 0 Å². The number of amides is 1. The largest absolute Gasteiger partial charge is 0.350 e. The van der Waals surface area contributed by atoms with Crippen LogP contribution in [-0.4, -0.2) is 25.2 Å². The van der Waals surface area contributed by atoms with E-state index in [1.54, 1.807) is 37.1 Å². The molecular weight excluding hydrogens is 342 g/mol. The van der Waals surface area contributed by atoms with Gasteiger partial charge in [-0.15, -0.1) is 0 Å². The lowest BCUT2D eigenvalue weighted by Crippen LogP contribution is -2.32. The summed E-state index contributed by atoms with van der Waals surface area (Å²) in [6.07, 6.45) is 5.08. The maximum Gasteiger partial charge on any atom is 0.291 e. The number of fused-ring (bicyclic) bond motifs is 3. The molecule has 0 unspecified atom stereocenters. The molecule has 27 heavy (non-hydrogen) atoms. The Bertz CT molecular complexity index is 1190. The van der Waals surface area contributed by atoms with Crippen molar-refractivity contribution in [3.8, 4) is 0 Å². The normalized spacial score (nSPS) is 12.4. The molecule has 0 aliphatic rings. The number of hydrogen-bond donors (Lipinski definition) is 1. The van der Waals surface area contributed by atoms with Gasteiger partial charge in [0.25, 0.3) is 5.56 Å². The summed E-state index contributed by atoms with van der Waals surface area (Å²) in [5, 5.41) is 8.72. The molecule has 136 valence electrons. The lowest BCUT2D eigenvalue weighted by molar-refractivity contribution is -0.123. The van der Waals surface area contributed by atoms with Crippen LogP contribution in [0.15, 0.2) is 59.8 Å². The van der Waals surface area contributed by atoms with E-state index in [4.69, 9.17) is 0 Å². The van der Waals surface area contributed by atoms with Crippen molar-refractivity contribution < 1.29 is 4.79 Å². The Morgan fingerprint density at radius 1 is 1.15 bits per heavy atom. The van der Waals surface area contributed by atoms with Gasteiger partial charge in [0.05, 0.1) is 11.7 Å². The van der Waals surface area contributed by atoms with E-state index < -0.39 is 6.04 Å². The van der Waals surface area contributed by atoms with Crippen LogP contribution in [0.5, 0.6) is 0 Å². The Hall–Kier alpha value is -3.48. The van der Waals surface area contributed by atoms with Gasteiger partial charge in [-0.25, -0.2) is 4.68 Å². The van der Waals surface area contributed by atoms with E-state index in [9.17, 15) is 9.59 Å². The van der Waals surface area contributed by atoms with Gasteiger partial charge in [-0.2, -0.15) is 5.10 Å². The van der Waals surface area contributed by atoms with E-state index in [2.05, 4.69) is 15.4 Å². The molecule has 0 saturated heterocycles. The van der Waals surface area contributed by atoms with Crippen LogP contribution < -0.4 is 10.9 Å². The number of hydrogen-bond acceptors (Lipinski definition) is 4. The van der Waals surface area contributed by atoms with Crippen molar-refractivity contribution >= 4 is 27.7 Å². The van der Waals surface area contributed by atoms with Crippen LogP contribution in [0.1, 0.15) is 18.5 Å². The zero-order valence-electron chi connectivity index (χ0n) is 15.1. The molecule has 0 aliphatic heterocycles. The van der Waals surface area contributed by atoms with Crippen LogP contribution in [0.25, 0.3) is 21.8 Å². The fourth-order valence-corrected chi connectivity index (χ4v) is 3.35. The quantitative estimate of drug-likeness (QED) is 0.604. The summed E-state index contributed by atoms with van der Waals surface area (Å²) in [6, 6.07) is 10.8. The molecule has 7 nitrogen and oxygen atoms in total. The molecule has 4 aromatic rings. The lowest BCUT2D eigenvalue weighted by Gasteiger charge is -2.16. The Kier molecular flexibility index (Phi) is 4.19. The number of pyridine rings is 1. The van der Waals surface area contributed by atoms with Gasteiger partial charge in [-0.3, -0.25) is 14.6 Å². The van der Waals surface area contributed by atoms with Gasteiger partial charge in [0.2, 0.25) is 5.91 Å². The van der Waals surface area contributed by atoms with E-state index in [0.717, 1.165) is 21.9 Å². The molecule has 3 heterocycles. The average Bonchev–Trinajstić information content (AvgIpc) is 3.04. The van der Waals surface area contributed by atoms with Crippen molar-refractivity contribution in [1.82, 2.24) is 24.6 Å². The van der Waals surface area contributed by atoms with E-state index >= 15 is 0 Å². The number of aromatic nitrogens is 4. The predicted molar refractivity (Wildman–Crippen MR) is 103 cm³/mol. The molecule has 1 aromatic carbocycles. The third kappa shape index (κ3) is 2.87. The van der Waals surface area contributed by atoms with E-state index in [1.807, 2.05) is 36.4 Å². The number of para-hydroxylation sites is 1. The molecule has 0 spiro atoms. The number of nitrogens with zero attached hydrogens (tertiary/aromatic N) is 4. The Morgan fingerprint density at radius 3 is 2.74 bits per heavy atom. The van der Waals surface area contributed by atoms with Crippen LogP contribution in [0.4, 0.5) is 0 Å². The Balaban J connectivity index is 1.78. The van der Waals surface area contributed by atoms with Crippen LogP contribution in [0.3, 0.4) is 0 Å². The highest BCUT2D eigenvalue weighted by Gasteiger charge is 2.23. The highest BCUT2D eigenvalue weighted by molar-refractivity contribution is 6.08. The highest BCUT2D eigenvalue weighted by Crippen LogP contribution is 2.29. The summed E-state index contributed by atoms with van der Waals surface area (Å²) >= 11 is 0. The minimum absolute atomic E-state index is 0.166. The van der Waals surface area contributed by atoms with E-state index in [1.165, 1.54) is 4.68 Å². The number of rotatable bonds is 4. The van der Waals surface area contributed by atoms with Crippen molar-refractivity contribution in [2.45, 2.75) is 19.5 Å². The summed E-state index contributed by atoms with van der Waals surface area (Å²) in [4.78, 5) is 29.6. The summed E-state index contributed by atoms with van der Waals surface area (Å²) in [5.41, 5.74) is 2.01. The average molecular weight is 361 g/mol. The summed E-state index contributed by atoms with van der Waals surface area (Å²) in [6.45, 7) is 2.18. The standard InChI is InChI=1S/C20H19N5O2/c1-13(19(26)22-11-14-6-5-9-21-10-14)25-17-8-4-3-7-15(17)16-12-23-24(2)20(27)18(16)25/h3-10,12-13H,11H2,1-2H3,(H,22,26)/t13-/m1/s1. The topological polar surface area (TPSA) is 81.8 Å². The van der Waals surface area contributed by atoms with Crippen molar-refractivity contribution in [2.75, 3.05) is 0 Å². The summed E-state index contributed by atoms with van der Waals surface area (Å²) < 4.78 is 3.09. The van der Waals surface area contributed by atoms with Gasteiger partial charge in [0, 0.05) is 36.8 Å². The van der Waals surface area contributed by atoms with Gasteiger partial charge in [-0.05, 0) is 24.6 Å². The molecule has 0 aliphatic carbocycles. The van der Waals surface area contributed by atoms with Crippen LogP contribution in [0, 0.1) is 0 Å². The second-order valence-corrected chi connectivity index (χ2v) is 6.48. The van der Waals surface area contributed by atoms with Crippen molar-refractivity contribution in [3.63, 3.8) is 0 Å². The number of benzene rings is 1. The molecule has 3 aromatic heterocycles. The third-order valence-electron chi connectivity index (χ3n) is 4.76. The van der Waals surface area contributed by atoms with Gasteiger partial charge in [0.1, 0.15) is 11.6 Å². The fourth-order valence-electron chi connectivity index (χ4n) is 3.35. The number of aryl methyl sites for hydroxylation is 1. The smallest absolute Gasteiger partial charge is 0.291 e.